The Kier molecular flexibility index (Phi) is 4.55. The highest BCUT2D eigenvalue weighted by Crippen LogP contribution is 2.33. The minimum atomic E-state index is 0.180. The van der Waals surface area contributed by atoms with Gasteiger partial charge in [0.15, 0.2) is 0 Å². The quantitative estimate of drug-likeness (QED) is 0.905. The van der Waals surface area contributed by atoms with Gasteiger partial charge in [-0.25, -0.2) is 4.98 Å². The maximum Gasteiger partial charge on any atom is 0.234 e. The third kappa shape index (κ3) is 3.62. The monoisotopic (exact) mass is 343 g/mol. The number of benzene rings is 1. The minimum absolute atomic E-state index is 0.180. The number of hydrogen-bond acceptors (Lipinski definition) is 4. The fraction of sp³-hybridized carbons (Fsp3) is 0.579. The molecule has 1 aromatic heterocycles. The summed E-state index contributed by atoms with van der Waals surface area (Å²) in [7, 11) is 0. The lowest BCUT2D eigenvalue weighted by Gasteiger charge is -2.31. The molecule has 1 amide bonds. The molecular formula is C19H25N3OS. The number of thiazole rings is 1. The number of aromatic nitrogens is 1. The predicted molar refractivity (Wildman–Crippen MR) is 98.4 cm³/mol. The Morgan fingerprint density at radius 2 is 2.21 bits per heavy atom. The molecule has 2 fully saturated rings. The van der Waals surface area contributed by atoms with E-state index in [0.717, 1.165) is 25.0 Å². The van der Waals surface area contributed by atoms with E-state index in [1.807, 2.05) is 17.4 Å². The molecule has 1 saturated heterocycles. The van der Waals surface area contributed by atoms with Crippen LogP contribution in [0.25, 0.3) is 10.2 Å². The van der Waals surface area contributed by atoms with E-state index in [4.69, 9.17) is 4.98 Å². The summed E-state index contributed by atoms with van der Waals surface area (Å²) in [5, 5.41) is 4.40. The fourth-order valence-corrected chi connectivity index (χ4v) is 4.78. The fourth-order valence-electron chi connectivity index (χ4n) is 3.68. The molecule has 2 atom stereocenters. The first-order valence-corrected chi connectivity index (χ1v) is 9.88. The van der Waals surface area contributed by atoms with Crippen molar-refractivity contribution in [2.75, 3.05) is 19.6 Å². The summed E-state index contributed by atoms with van der Waals surface area (Å²) in [6.07, 6.45) is 4.86. The number of piperidine rings is 1. The van der Waals surface area contributed by atoms with E-state index in [2.05, 4.69) is 35.3 Å². The molecule has 0 spiro atoms. The second-order valence-electron chi connectivity index (χ2n) is 7.29. The summed E-state index contributed by atoms with van der Waals surface area (Å²) < 4.78 is 1.26. The molecule has 1 N–H and O–H groups in total. The molecule has 4 rings (SSSR count). The zero-order chi connectivity index (χ0) is 16.5. The van der Waals surface area contributed by atoms with Gasteiger partial charge in [0.1, 0.15) is 0 Å². The van der Waals surface area contributed by atoms with Gasteiger partial charge < -0.3 is 5.32 Å². The number of para-hydroxylation sites is 1. The number of rotatable bonds is 5. The highest BCUT2D eigenvalue weighted by Gasteiger charge is 2.30. The number of hydrogen-bond donors (Lipinski definition) is 1. The molecule has 2 aliphatic rings. The Morgan fingerprint density at radius 1 is 1.38 bits per heavy atom. The Hall–Kier alpha value is -1.46. The van der Waals surface area contributed by atoms with Crippen LogP contribution in [0.4, 0.5) is 0 Å². The first kappa shape index (κ1) is 16.0. The third-order valence-corrected chi connectivity index (χ3v) is 6.45. The zero-order valence-electron chi connectivity index (χ0n) is 14.2. The molecule has 0 unspecified atom stereocenters. The van der Waals surface area contributed by atoms with Crippen molar-refractivity contribution in [1.29, 1.82) is 0 Å². The summed E-state index contributed by atoms with van der Waals surface area (Å²) >= 11 is 1.81. The van der Waals surface area contributed by atoms with Crippen LogP contribution in [-0.2, 0) is 4.79 Å². The van der Waals surface area contributed by atoms with Crippen LogP contribution in [0.3, 0.4) is 0 Å². The van der Waals surface area contributed by atoms with Gasteiger partial charge in [-0.05, 0) is 57.2 Å². The summed E-state index contributed by atoms with van der Waals surface area (Å²) in [5.41, 5.74) is 1.10. The molecule has 4 nitrogen and oxygen atoms in total. The number of carbonyl (C=O) groups is 1. The van der Waals surface area contributed by atoms with Gasteiger partial charge in [0.05, 0.1) is 21.8 Å². The molecule has 2 aromatic rings. The van der Waals surface area contributed by atoms with Crippen molar-refractivity contribution in [2.45, 2.75) is 44.6 Å². The van der Waals surface area contributed by atoms with Crippen LogP contribution in [-0.4, -0.2) is 41.5 Å². The molecule has 1 aromatic carbocycles. The molecule has 128 valence electrons. The first-order chi connectivity index (χ1) is 11.7. The van der Waals surface area contributed by atoms with Gasteiger partial charge in [0.25, 0.3) is 0 Å². The largest absolute Gasteiger partial charge is 0.352 e. The standard InChI is InChI=1S/C19H25N3OS/c1-13(14-8-9-14)20-18(23)12-22-10-4-5-15(11-22)19-21-16-6-2-3-7-17(16)24-19/h2-3,6-7,13-15H,4-5,8-12H2,1H3,(H,20,23)/t13-,15+/m1/s1. The van der Waals surface area contributed by atoms with Crippen LogP contribution in [0.15, 0.2) is 24.3 Å². The lowest BCUT2D eigenvalue weighted by molar-refractivity contribution is -0.123. The van der Waals surface area contributed by atoms with E-state index < -0.39 is 0 Å². The normalized spacial score (nSPS) is 23.3. The van der Waals surface area contributed by atoms with Crippen LogP contribution >= 0.6 is 11.3 Å². The van der Waals surface area contributed by atoms with Crippen molar-refractivity contribution >= 4 is 27.5 Å². The Bertz CT molecular complexity index is 691. The van der Waals surface area contributed by atoms with Gasteiger partial charge >= 0.3 is 0 Å². The Morgan fingerprint density at radius 3 is 3.00 bits per heavy atom. The zero-order valence-corrected chi connectivity index (χ0v) is 15.0. The lowest BCUT2D eigenvalue weighted by Crippen LogP contribution is -2.44. The summed E-state index contributed by atoms with van der Waals surface area (Å²) in [5.74, 6) is 1.36. The molecule has 1 aliphatic heterocycles. The minimum Gasteiger partial charge on any atom is -0.352 e. The SMILES string of the molecule is C[C@@H](NC(=O)CN1CCC[C@H](c2nc3ccccc3s2)C1)C1CC1. The van der Waals surface area contributed by atoms with Crippen molar-refractivity contribution < 1.29 is 4.79 Å². The van der Waals surface area contributed by atoms with Crippen LogP contribution in [0.2, 0.25) is 0 Å². The number of amides is 1. The van der Waals surface area contributed by atoms with E-state index in [1.54, 1.807) is 0 Å². The molecule has 1 saturated carbocycles. The maximum absolute atomic E-state index is 12.3. The summed E-state index contributed by atoms with van der Waals surface area (Å²) in [4.78, 5) is 19.4. The van der Waals surface area contributed by atoms with Crippen molar-refractivity contribution in [3.63, 3.8) is 0 Å². The third-order valence-electron chi connectivity index (χ3n) is 5.25. The second kappa shape index (κ2) is 6.81. The van der Waals surface area contributed by atoms with Crippen molar-refractivity contribution in [3.05, 3.63) is 29.3 Å². The van der Waals surface area contributed by atoms with Gasteiger partial charge in [-0.3, -0.25) is 9.69 Å². The van der Waals surface area contributed by atoms with E-state index in [0.29, 0.717) is 24.4 Å². The second-order valence-corrected chi connectivity index (χ2v) is 8.35. The Balaban J connectivity index is 1.37. The topological polar surface area (TPSA) is 45.2 Å². The van der Waals surface area contributed by atoms with E-state index >= 15 is 0 Å². The number of fused-ring (bicyclic) bond motifs is 1. The number of likely N-dealkylation sites (tertiary alicyclic amines) is 1. The van der Waals surface area contributed by atoms with Crippen LogP contribution in [0, 0.1) is 5.92 Å². The Labute approximate surface area is 147 Å². The van der Waals surface area contributed by atoms with E-state index in [-0.39, 0.29) is 5.91 Å². The molecule has 1 aliphatic carbocycles. The maximum atomic E-state index is 12.3. The van der Waals surface area contributed by atoms with Crippen molar-refractivity contribution in [2.24, 2.45) is 5.92 Å². The predicted octanol–water partition coefficient (Wildman–Crippen LogP) is 3.39. The van der Waals surface area contributed by atoms with E-state index in [1.165, 1.54) is 29.0 Å². The van der Waals surface area contributed by atoms with E-state index in [9.17, 15) is 4.79 Å². The molecule has 24 heavy (non-hydrogen) atoms. The molecule has 0 bridgehead atoms. The summed E-state index contributed by atoms with van der Waals surface area (Å²) in [6.45, 7) is 4.63. The van der Waals surface area contributed by atoms with Crippen molar-refractivity contribution in [3.8, 4) is 0 Å². The van der Waals surface area contributed by atoms with Crippen molar-refractivity contribution in [1.82, 2.24) is 15.2 Å². The molecule has 2 heterocycles. The van der Waals surface area contributed by atoms with Gasteiger partial charge in [-0.15, -0.1) is 11.3 Å². The van der Waals surface area contributed by atoms with Gasteiger partial charge in [-0.1, -0.05) is 12.1 Å². The first-order valence-electron chi connectivity index (χ1n) is 9.06. The van der Waals surface area contributed by atoms with Gasteiger partial charge in [-0.2, -0.15) is 0 Å². The number of carbonyl (C=O) groups excluding carboxylic acids is 1. The average Bonchev–Trinajstić information content (AvgIpc) is 3.34. The molecule has 5 heteroatoms. The molecular weight excluding hydrogens is 318 g/mol. The lowest BCUT2D eigenvalue weighted by atomic mass is 9.99. The van der Waals surface area contributed by atoms with Gasteiger partial charge in [0, 0.05) is 18.5 Å². The highest BCUT2D eigenvalue weighted by atomic mass is 32.1. The smallest absolute Gasteiger partial charge is 0.234 e. The molecule has 0 radical (unpaired) electrons. The number of nitrogens with zero attached hydrogens (tertiary/aromatic N) is 2. The van der Waals surface area contributed by atoms with Gasteiger partial charge in [0.2, 0.25) is 5.91 Å². The van der Waals surface area contributed by atoms with Crippen LogP contribution < -0.4 is 5.32 Å². The van der Waals surface area contributed by atoms with Crippen LogP contribution in [0.5, 0.6) is 0 Å². The van der Waals surface area contributed by atoms with Crippen LogP contribution in [0.1, 0.15) is 43.5 Å². The average molecular weight is 343 g/mol. The summed E-state index contributed by atoms with van der Waals surface area (Å²) in [6, 6.07) is 8.68. The highest BCUT2D eigenvalue weighted by molar-refractivity contribution is 7.18. The number of nitrogens with one attached hydrogen (secondary N) is 1.